The van der Waals surface area contributed by atoms with E-state index in [-0.39, 0.29) is 5.56 Å². The standard InChI is InChI=1S/C28H26F2N4O3/c1-17(31-27(37)25(35)18-13-21(29)15-22(30)14-18)26(36)32-24-16-23(33-34-24)28(2,19-9-5-3-6-10-19)20-11-7-4-8-12-20/h3-17,25,35H,1-2H3,(H,31,37)(H2,32,33,34,36)/t17-,25-/m0/s1. The summed E-state index contributed by atoms with van der Waals surface area (Å²) in [6, 6.07) is 22.7. The molecule has 4 aromatic rings. The fraction of sp³-hybridized carbons (Fsp3) is 0.179. The van der Waals surface area contributed by atoms with E-state index in [0.717, 1.165) is 23.3 Å². The molecule has 0 spiro atoms. The van der Waals surface area contributed by atoms with E-state index in [2.05, 4.69) is 20.8 Å². The van der Waals surface area contributed by atoms with Gasteiger partial charge in [-0.3, -0.25) is 14.7 Å². The van der Waals surface area contributed by atoms with Crippen LogP contribution in [0.4, 0.5) is 14.6 Å². The van der Waals surface area contributed by atoms with E-state index in [1.165, 1.54) is 6.92 Å². The number of aliphatic hydroxyl groups is 1. The molecule has 2 atom stereocenters. The van der Waals surface area contributed by atoms with Crippen LogP contribution in [-0.4, -0.2) is 33.2 Å². The summed E-state index contributed by atoms with van der Waals surface area (Å²) in [4.78, 5) is 25.1. The molecule has 190 valence electrons. The number of nitrogens with one attached hydrogen (secondary N) is 3. The second kappa shape index (κ2) is 10.7. The van der Waals surface area contributed by atoms with Crippen molar-refractivity contribution in [1.82, 2.24) is 15.5 Å². The first-order chi connectivity index (χ1) is 17.7. The van der Waals surface area contributed by atoms with Gasteiger partial charge in [-0.1, -0.05) is 60.7 Å². The van der Waals surface area contributed by atoms with Gasteiger partial charge in [-0.05, 0) is 42.7 Å². The Bertz CT molecular complexity index is 1330. The minimum atomic E-state index is -1.85. The van der Waals surface area contributed by atoms with Crippen molar-refractivity contribution >= 4 is 17.6 Å². The Morgan fingerprint density at radius 2 is 1.43 bits per heavy atom. The van der Waals surface area contributed by atoms with Crippen LogP contribution < -0.4 is 10.6 Å². The van der Waals surface area contributed by atoms with Crippen molar-refractivity contribution in [3.63, 3.8) is 0 Å². The predicted octanol–water partition coefficient (Wildman–Crippen LogP) is 4.22. The molecule has 3 aromatic carbocycles. The summed E-state index contributed by atoms with van der Waals surface area (Å²) in [6.45, 7) is 3.46. The maximum Gasteiger partial charge on any atom is 0.254 e. The fourth-order valence-corrected chi connectivity index (χ4v) is 4.13. The van der Waals surface area contributed by atoms with E-state index < -0.39 is 41.0 Å². The first-order valence-corrected chi connectivity index (χ1v) is 11.6. The molecule has 4 rings (SSSR count). The van der Waals surface area contributed by atoms with Gasteiger partial charge < -0.3 is 15.7 Å². The van der Waals surface area contributed by atoms with Gasteiger partial charge in [0.2, 0.25) is 5.91 Å². The third kappa shape index (κ3) is 5.57. The van der Waals surface area contributed by atoms with Gasteiger partial charge in [0.05, 0.1) is 11.1 Å². The monoisotopic (exact) mass is 504 g/mol. The van der Waals surface area contributed by atoms with Crippen molar-refractivity contribution in [2.75, 3.05) is 5.32 Å². The third-order valence-electron chi connectivity index (χ3n) is 6.25. The smallest absolute Gasteiger partial charge is 0.254 e. The van der Waals surface area contributed by atoms with E-state index in [1.807, 2.05) is 67.6 Å². The number of carbonyl (C=O) groups excluding carboxylic acids is 2. The van der Waals surface area contributed by atoms with Crippen molar-refractivity contribution in [3.05, 3.63) is 119 Å². The molecular formula is C28H26F2N4O3. The van der Waals surface area contributed by atoms with Gasteiger partial charge in [-0.2, -0.15) is 5.10 Å². The molecule has 1 heterocycles. The Labute approximate surface area is 212 Å². The number of carbonyl (C=O) groups is 2. The summed E-state index contributed by atoms with van der Waals surface area (Å²) < 4.78 is 26.9. The average molecular weight is 505 g/mol. The summed E-state index contributed by atoms with van der Waals surface area (Å²) in [7, 11) is 0. The summed E-state index contributed by atoms with van der Waals surface area (Å²) in [5.74, 6) is -3.10. The maximum absolute atomic E-state index is 13.4. The number of aromatic amines is 1. The number of aliphatic hydroxyl groups excluding tert-OH is 1. The molecule has 7 nitrogen and oxygen atoms in total. The Balaban J connectivity index is 1.49. The molecule has 0 saturated carbocycles. The normalized spacial score (nSPS) is 13.0. The van der Waals surface area contributed by atoms with Gasteiger partial charge in [0.1, 0.15) is 23.5 Å². The molecule has 0 aliphatic carbocycles. The molecule has 9 heteroatoms. The molecule has 0 aliphatic rings. The van der Waals surface area contributed by atoms with Gasteiger partial charge in [0, 0.05) is 12.1 Å². The first-order valence-electron chi connectivity index (χ1n) is 11.6. The Morgan fingerprint density at radius 1 is 0.892 bits per heavy atom. The van der Waals surface area contributed by atoms with Crippen LogP contribution in [0, 0.1) is 11.6 Å². The van der Waals surface area contributed by atoms with Crippen molar-refractivity contribution in [2.45, 2.75) is 31.4 Å². The summed E-state index contributed by atoms with van der Waals surface area (Å²) in [5.41, 5.74) is 1.80. The quantitative estimate of drug-likeness (QED) is 0.288. The summed E-state index contributed by atoms with van der Waals surface area (Å²) in [5, 5.41) is 22.5. The van der Waals surface area contributed by atoms with Crippen LogP contribution >= 0.6 is 0 Å². The third-order valence-corrected chi connectivity index (χ3v) is 6.25. The zero-order chi connectivity index (χ0) is 26.6. The predicted molar refractivity (Wildman–Crippen MR) is 135 cm³/mol. The molecule has 0 fully saturated rings. The molecule has 0 radical (unpaired) electrons. The van der Waals surface area contributed by atoms with E-state index in [0.29, 0.717) is 17.6 Å². The van der Waals surface area contributed by atoms with Crippen LogP contribution in [0.25, 0.3) is 0 Å². The number of aromatic nitrogens is 2. The van der Waals surface area contributed by atoms with Crippen LogP contribution in [0.15, 0.2) is 84.9 Å². The van der Waals surface area contributed by atoms with Crippen LogP contribution in [-0.2, 0) is 15.0 Å². The van der Waals surface area contributed by atoms with Crippen LogP contribution in [0.5, 0.6) is 0 Å². The summed E-state index contributed by atoms with van der Waals surface area (Å²) in [6.07, 6.45) is -1.85. The molecule has 2 amide bonds. The van der Waals surface area contributed by atoms with Crippen LogP contribution in [0.1, 0.15) is 42.3 Å². The average Bonchev–Trinajstić information content (AvgIpc) is 3.37. The van der Waals surface area contributed by atoms with Crippen molar-refractivity contribution < 1.29 is 23.5 Å². The highest BCUT2D eigenvalue weighted by Gasteiger charge is 2.34. The van der Waals surface area contributed by atoms with Gasteiger partial charge in [0.25, 0.3) is 5.91 Å². The number of hydrogen-bond acceptors (Lipinski definition) is 4. The number of amides is 2. The minimum Gasteiger partial charge on any atom is -0.378 e. The van der Waals surface area contributed by atoms with Crippen molar-refractivity contribution in [2.24, 2.45) is 0 Å². The largest absolute Gasteiger partial charge is 0.378 e. The summed E-state index contributed by atoms with van der Waals surface area (Å²) >= 11 is 0. The highest BCUT2D eigenvalue weighted by atomic mass is 19.1. The molecule has 0 bridgehead atoms. The lowest BCUT2D eigenvalue weighted by atomic mass is 9.74. The van der Waals surface area contributed by atoms with E-state index in [1.54, 1.807) is 6.07 Å². The number of nitrogens with zero attached hydrogens (tertiary/aromatic N) is 1. The van der Waals surface area contributed by atoms with Gasteiger partial charge in [-0.15, -0.1) is 0 Å². The van der Waals surface area contributed by atoms with Crippen LogP contribution in [0.2, 0.25) is 0 Å². The fourth-order valence-electron chi connectivity index (χ4n) is 4.13. The Kier molecular flexibility index (Phi) is 7.45. The lowest BCUT2D eigenvalue weighted by Gasteiger charge is -2.29. The molecule has 0 unspecified atom stereocenters. The maximum atomic E-state index is 13.4. The molecule has 1 aromatic heterocycles. The van der Waals surface area contributed by atoms with E-state index in [9.17, 15) is 23.5 Å². The highest BCUT2D eigenvalue weighted by Crippen LogP contribution is 2.38. The van der Waals surface area contributed by atoms with Crippen LogP contribution in [0.3, 0.4) is 0 Å². The van der Waals surface area contributed by atoms with E-state index in [4.69, 9.17) is 0 Å². The number of rotatable bonds is 8. The number of halogens is 2. The molecular weight excluding hydrogens is 478 g/mol. The lowest BCUT2D eigenvalue weighted by molar-refractivity contribution is -0.132. The van der Waals surface area contributed by atoms with E-state index >= 15 is 0 Å². The molecule has 0 saturated heterocycles. The topological polar surface area (TPSA) is 107 Å². The lowest BCUT2D eigenvalue weighted by Crippen LogP contribution is -2.43. The number of anilines is 1. The molecule has 37 heavy (non-hydrogen) atoms. The van der Waals surface area contributed by atoms with Gasteiger partial charge in [-0.25, -0.2) is 8.78 Å². The second-order valence-electron chi connectivity index (χ2n) is 8.85. The number of benzene rings is 3. The number of hydrogen-bond donors (Lipinski definition) is 4. The zero-order valence-electron chi connectivity index (χ0n) is 20.2. The number of H-pyrrole nitrogens is 1. The molecule has 4 N–H and O–H groups in total. The second-order valence-corrected chi connectivity index (χ2v) is 8.85. The van der Waals surface area contributed by atoms with Crippen molar-refractivity contribution in [3.8, 4) is 0 Å². The highest BCUT2D eigenvalue weighted by molar-refractivity contribution is 5.97. The van der Waals surface area contributed by atoms with Gasteiger partial charge >= 0.3 is 0 Å². The zero-order valence-corrected chi connectivity index (χ0v) is 20.2. The first kappa shape index (κ1) is 25.7. The SMILES string of the molecule is C[C@H](NC(=O)[C@@H](O)c1cc(F)cc(F)c1)C(=O)Nc1cc(C(C)(c2ccccc2)c2ccccc2)n[nH]1. The minimum absolute atomic E-state index is 0.262. The Hall–Kier alpha value is -4.37. The van der Waals surface area contributed by atoms with Gasteiger partial charge in [0.15, 0.2) is 6.10 Å². The Morgan fingerprint density at radius 3 is 1.97 bits per heavy atom. The molecule has 0 aliphatic heterocycles. The van der Waals surface area contributed by atoms with Crippen molar-refractivity contribution in [1.29, 1.82) is 0 Å².